The molecule has 0 heterocycles. The molecular weight excluding hydrogens is 264 g/mol. The zero-order valence-corrected chi connectivity index (χ0v) is 12.1. The molecule has 0 aliphatic carbocycles. The summed E-state index contributed by atoms with van der Waals surface area (Å²) >= 11 is 0. The van der Waals surface area contributed by atoms with E-state index < -0.39 is 15.4 Å². The van der Waals surface area contributed by atoms with Crippen molar-refractivity contribution in [3.63, 3.8) is 0 Å². The van der Waals surface area contributed by atoms with Crippen LogP contribution in [0.5, 0.6) is 5.75 Å². The van der Waals surface area contributed by atoms with Crippen LogP contribution >= 0.6 is 0 Å². The maximum atomic E-state index is 12.0. The molecule has 0 aliphatic rings. The maximum Gasteiger partial charge on any atom is 0.156 e. The molecular formula is C13H18N2O3S. The minimum atomic E-state index is -3.31. The van der Waals surface area contributed by atoms with Gasteiger partial charge in [0, 0.05) is 5.54 Å². The Hall–Kier alpha value is -1.58. The lowest BCUT2D eigenvalue weighted by Gasteiger charge is -2.18. The summed E-state index contributed by atoms with van der Waals surface area (Å²) in [6, 6.07) is 6.74. The third-order valence-corrected chi connectivity index (χ3v) is 4.32. The fourth-order valence-electron chi connectivity index (χ4n) is 1.80. The van der Waals surface area contributed by atoms with Gasteiger partial charge in [0.05, 0.1) is 24.2 Å². The Kier molecular flexibility index (Phi) is 4.56. The number of nitrogens with two attached hydrogens (primary N) is 1. The van der Waals surface area contributed by atoms with Crippen LogP contribution in [0.2, 0.25) is 0 Å². The number of sulfone groups is 1. The van der Waals surface area contributed by atoms with E-state index >= 15 is 0 Å². The van der Waals surface area contributed by atoms with Gasteiger partial charge in [-0.3, -0.25) is 0 Å². The highest BCUT2D eigenvalue weighted by Crippen LogP contribution is 2.20. The molecule has 0 bridgehead atoms. The van der Waals surface area contributed by atoms with E-state index in [2.05, 4.69) is 0 Å². The minimum Gasteiger partial charge on any atom is -0.495 e. The first kappa shape index (κ1) is 15.5. The van der Waals surface area contributed by atoms with Crippen LogP contribution in [0, 0.1) is 11.3 Å². The van der Waals surface area contributed by atoms with Gasteiger partial charge in [0.15, 0.2) is 9.84 Å². The summed E-state index contributed by atoms with van der Waals surface area (Å²) < 4.78 is 29.0. The van der Waals surface area contributed by atoms with Gasteiger partial charge in [-0.25, -0.2) is 8.42 Å². The van der Waals surface area contributed by atoms with E-state index in [1.165, 1.54) is 13.2 Å². The number of rotatable bonds is 5. The Morgan fingerprint density at radius 2 is 2.05 bits per heavy atom. The number of methoxy groups -OCH3 is 1. The van der Waals surface area contributed by atoms with Crippen LogP contribution in [0.3, 0.4) is 0 Å². The maximum absolute atomic E-state index is 12.0. The van der Waals surface area contributed by atoms with E-state index in [0.29, 0.717) is 16.9 Å². The summed E-state index contributed by atoms with van der Waals surface area (Å²) in [5, 5.41) is 8.96. The summed E-state index contributed by atoms with van der Waals surface area (Å²) in [6.45, 7) is 3.33. The Morgan fingerprint density at radius 1 is 1.42 bits per heavy atom. The number of ether oxygens (including phenoxy) is 1. The van der Waals surface area contributed by atoms with E-state index in [-0.39, 0.29) is 11.5 Å². The number of hydrogen-bond acceptors (Lipinski definition) is 5. The van der Waals surface area contributed by atoms with Crippen molar-refractivity contribution in [2.24, 2.45) is 5.73 Å². The lowest BCUT2D eigenvalue weighted by atomic mass is 10.1. The zero-order chi connectivity index (χ0) is 14.7. The van der Waals surface area contributed by atoms with E-state index in [1.54, 1.807) is 26.0 Å². The Balaban J connectivity index is 2.98. The van der Waals surface area contributed by atoms with Gasteiger partial charge in [-0.2, -0.15) is 5.26 Å². The first-order valence-electron chi connectivity index (χ1n) is 5.73. The first-order valence-corrected chi connectivity index (χ1v) is 7.55. The van der Waals surface area contributed by atoms with Crippen molar-refractivity contribution in [2.45, 2.75) is 25.1 Å². The van der Waals surface area contributed by atoms with Crippen molar-refractivity contribution in [3.8, 4) is 11.8 Å². The molecule has 0 saturated carbocycles. The summed E-state index contributed by atoms with van der Waals surface area (Å²) in [6.07, 6.45) is 0. The third-order valence-electron chi connectivity index (χ3n) is 2.36. The lowest BCUT2D eigenvalue weighted by Crippen LogP contribution is -2.40. The Morgan fingerprint density at radius 3 is 2.53 bits per heavy atom. The number of hydrogen-bond donors (Lipinski definition) is 1. The molecule has 0 unspecified atom stereocenters. The highest BCUT2D eigenvalue weighted by molar-refractivity contribution is 7.90. The number of benzene rings is 1. The second-order valence-electron chi connectivity index (χ2n) is 5.17. The van der Waals surface area contributed by atoms with E-state index in [4.69, 9.17) is 15.7 Å². The van der Waals surface area contributed by atoms with Crippen molar-refractivity contribution in [1.82, 2.24) is 0 Å². The standard InChI is InChI=1S/C13H18N2O3S/c1-13(2,15)9-19(16,17)8-10-4-5-12(18-3)11(6-10)7-14/h4-6H,8-9,15H2,1-3H3. The monoisotopic (exact) mass is 282 g/mol. The lowest BCUT2D eigenvalue weighted by molar-refractivity contribution is 0.413. The average molecular weight is 282 g/mol. The van der Waals surface area contributed by atoms with Crippen LogP contribution in [0.4, 0.5) is 0 Å². The Labute approximate surface area is 113 Å². The fraction of sp³-hybridized carbons (Fsp3) is 0.462. The SMILES string of the molecule is COc1ccc(CS(=O)(=O)CC(C)(C)N)cc1C#N. The van der Waals surface area contributed by atoms with Gasteiger partial charge in [0.25, 0.3) is 0 Å². The van der Waals surface area contributed by atoms with Crippen LogP contribution in [0.25, 0.3) is 0 Å². The summed E-state index contributed by atoms with van der Waals surface area (Å²) in [5.41, 5.74) is 5.83. The van der Waals surface area contributed by atoms with Crippen molar-refractivity contribution in [3.05, 3.63) is 29.3 Å². The molecule has 0 aliphatic heterocycles. The molecule has 1 aromatic rings. The van der Waals surface area contributed by atoms with Crippen molar-refractivity contribution < 1.29 is 13.2 Å². The summed E-state index contributed by atoms with van der Waals surface area (Å²) in [7, 11) is -1.85. The summed E-state index contributed by atoms with van der Waals surface area (Å²) in [5.74, 6) is 0.197. The van der Waals surface area contributed by atoms with Crippen LogP contribution < -0.4 is 10.5 Å². The molecule has 0 fully saturated rings. The van der Waals surface area contributed by atoms with Crippen LogP contribution in [0.1, 0.15) is 25.0 Å². The molecule has 0 saturated heterocycles. The molecule has 0 radical (unpaired) electrons. The van der Waals surface area contributed by atoms with Gasteiger partial charge >= 0.3 is 0 Å². The van der Waals surface area contributed by atoms with Gasteiger partial charge in [0.1, 0.15) is 11.8 Å². The molecule has 19 heavy (non-hydrogen) atoms. The highest BCUT2D eigenvalue weighted by Gasteiger charge is 2.22. The van der Waals surface area contributed by atoms with Crippen LogP contribution in [-0.4, -0.2) is 26.8 Å². The van der Waals surface area contributed by atoms with E-state index in [1.807, 2.05) is 6.07 Å². The largest absolute Gasteiger partial charge is 0.495 e. The quantitative estimate of drug-likeness (QED) is 0.876. The number of nitriles is 1. The molecule has 0 spiro atoms. The Bertz CT molecular complexity index is 595. The molecule has 104 valence electrons. The van der Waals surface area contributed by atoms with Gasteiger partial charge in [0.2, 0.25) is 0 Å². The number of nitrogens with zero attached hydrogens (tertiary/aromatic N) is 1. The molecule has 1 aromatic carbocycles. The third kappa shape index (κ3) is 4.89. The van der Waals surface area contributed by atoms with Gasteiger partial charge in [-0.1, -0.05) is 6.07 Å². The highest BCUT2D eigenvalue weighted by atomic mass is 32.2. The predicted octanol–water partition coefficient (Wildman–Crippen LogP) is 1.22. The zero-order valence-electron chi connectivity index (χ0n) is 11.3. The molecule has 1 rings (SSSR count). The van der Waals surface area contributed by atoms with Gasteiger partial charge < -0.3 is 10.5 Å². The van der Waals surface area contributed by atoms with E-state index in [0.717, 1.165) is 0 Å². The molecule has 5 nitrogen and oxygen atoms in total. The van der Waals surface area contributed by atoms with E-state index in [9.17, 15) is 8.42 Å². The van der Waals surface area contributed by atoms with Crippen LogP contribution in [-0.2, 0) is 15.6 Å². The average Bonchev–Trinajstić information content (AvgIpc) is 2.24. The second-order valence-corrected chi connectivity index (χ2v) is 7.23. The first-order chi connectivity index (χ1) is 8.67. The summed E-state index contributed by atoms with van der Waals surface area (Å²) in [4.78, 5) is 0. The van der Waals surface area contributed by atoms with Crippen molar-refractivity contribution in [2.75, 3.05) is 12.9 Å². The minimum absolute atomic E-state index is 0.103. The van der Waals surface area contributed by atoms with Crippen molar-refractivity contribution in [1.29, 1.82) is 5.26 Å². The fourth-order valence-corrected chi connectivity index (χ4v) is 3.73. The van der Waals surface area contributed by atoms with Gasteiger partial charge in [-0.05, 0) is 31.5 Å². The van der Waals surface area contributed by atoms with Gasteiger partial charge in [-0.15, -0.1) is 0 Å². The normalized spacial score (nSPS) is 11.9. The smallest absolute Gasteiger partial charge is 0.156 e. The molecule has 0 atom stereocenters. The van der Waals surface area contributed by atoms with Crippen LogP contribution in [0.15, 0.2) is 18.2 Å². The molecule has 0 amide bonds. The molecule has 6 heteroatoms. The predicted molar refractivity (Wildman–Crippen MR) is 73.5 cm³/mol. The molecule has 2 N–H and O–H groups in total. The topological polar surface area (TPSA) is 93.2 Å². The van der Waals surface area contributed by atoms with Crippen molar-refractivity contribution >= 4 is 9.84 Å². The molecule has 0 aromatic heterocycles. The second kappa shape index (κ2) is 5.59.